The maximum absolute atomic E-state index is 13.1. The average molecular weight is 209 g/mol. The number of hydrogen-bond donors (Lipinski definition) is 1. The molecule has 80 valence electrons. The van der Waals surface area contributed by atoms with E-state index in [1.807, 2.05) is 0 Å². The van der Waals surface area contributed by atoms with Gasteiger partial charge in [-0.1, -0.05) is 0 Å². The molecule has 3 nitrogen and oxygen atoms in total. The van der Waals surface area contributed by atoms with Crippen molar-refractivity contribution in [3.63, 3.8) is 0 Å². The van der Waals surface area contributed by atoms with Crippen molar-refractivity contribution in [2.75, 3.05) is 7.11 Å². The molecule has 2 rings (SSSR count). The van der Waals surface area contributed by atoms with E-state index in [0.29, 0.717) is 18.0 Å². The van der Waals surface area contributed by atoms with Gasteiger partial charge in [-0.2, -0.15) is 0 Å². The first-order chi connectivity index (χ1) is 7.26. The summed E-state index contributed by atoms with van der Waals surface area (Å²) in [6.45, 7) is 0.665. The number of methoxy groups -OCH3 is 1. The highest BCUT2D eigenvalue weighted by molar-refractivity contribution is 5.82. The zero-order valence-electron chi connectivity index (χ0n) is 8.42. The van der Waals surface area contributed by atoms with Crippen molar-refractivity contribution < 1.29 is 13.5 Å². The molecule has 1 heterocycles. The van der Waals surface area contributed by atoms with Gasteiger partial charge in [-0.15, -0.1) is 0 Å². The fourth-order valence-electron chi connectivity index (χ4n) is 1.64. The van der Waals surface area contributed by atoms with Crippen LogP contribution in [0.25, 0.3) is 11.0 Å². The molecule has 0 bridgehead atoms. The Morgan fingerprint density at radius 3 is 2.93 bits per heavy atom. The summed E-state index contributed by atoms with van der Waals surface area (Å²) in [6.07, 6.45) is 0. The third kappa shape index (κ3) is 1.73. The number of halogens is 1. The van der Waals surface area contributed by atoms with Crippen LogP contribution in [0.4, 0.5) is 4.39 Å². The van der Waals surface area contributed by atoms with E-state index in [2.05, 4.69) is 0 Å². The molecule has 0 saturated heterocycles. The Labute approximate surface area is 86.6 Å². The summed E-state index contributed by atoms with van der Waals surface area (Å²) in [5.41, 5.74) is 7.01. The molecule has 2 N–H and O–H groups in total. The lowest BCUT2D eigenvalue weighted by molar-refractivity contribution is 0.184. The fraction of sp³-hybridized carbons (Fsp3) is 0.273. The molecule has 15 heavy (non-hydrogen) atoms. The number of benzene rings is 1. The van der Waals surface area contributed by atoms with Crippen LogP contribution in [0, 0.1) is 5.82 Å². The van der Waals surface area contributed by atoms with Gasteiger partial charge in [-0.3, -0.25) is 0 Å². The van der Waals surface area contributed by atoms with Gasteiger partial charge in [0.1, 0.15) is 17.2 Å². The summed E-state index contributed by atoms with van der Waals surface area (Å²) in [4.78, 5) is 0. The number of rotatable bonds is 3. The highest BCUT2D eigenvalue weighted by atomic mass is 19.1. The minimum Gasteiger partial charge on any atom is -0.459 e. The molecular weight excluding hydrogens is 197 g/mol. The van der Waals surface area contributed by atoms with Gasteiger partial charge in [0.05, 0.1) is 13.2 Å². The van der Waals surface area contributed by atoms with Gasteiger partial charge in [0, 0.05) is 18.1 Å². The first-order valence-electron chi connectivity index (χ1n) is 4.65. The Bertz CT molecular complexity index is 479. The largest absolute Gasteiger partial charge is 0.459 e. The highest BCUT2D eigenvalue weighted by Crippen LogP contribution is 2.27. The standard InChI is InChI=1S/C11H12FNO2/c1-14-6-9-8-4-7(12)2-3-10(8)15-11(9)5-13/h2-4H,5-6,13H2,1H3. The van der Waals surface area contributed by atoms with Gasteiger partial charge in [0.2, 0.25) is 0 Å². The third-order valence-electron chi connectivity index (χ3n) is 2.31. The maximum Gasteiger partial charge on any atom is 0.134 e. The minimum absolute atomic E-state index is 0.287. The second-order valence-electron chi connectivity index (χ2n) is 3.28. The van der Waals surface area contributed by atoms with Crippen LogP contribution in [0.15, 0.2) is 22.6 Å². The molecule has 4 heteroatoms. The molecule has 0 unspecified atom stereocenters. The quantitative estimate of drug-likeness (QED) is 0.842. The average Bonchev–Trinajstić information content (AvgIpc) is 2.57. The second kappa shape index (κ2) is 4.00. The van der Waals surface area contributed by atoms with E-state index in [1.54, 1.807) is 13.2 Å². The van der Waals surface area contributed by atoms with Crippen LogP contribution in [0.3, 0.4) is 0 Å². The Hall–Kier alpha value is -1.39. The molecule has 0 aliphatic heterocycles. The van der Waals surface area contributed by atoms with Crippen LogP contribution in [-0.4, -0.2) is 7.11 Å². The molecule has 1 aromatic carbocycles. The van der Waals surface area contributed by atoms with E-state index in [1.165, 1.54) is 12.1 Å². The lowest BCUT2D eigenvalue weighted by Gasteiger charge is -1.98. The van der Waals surface area contributed by atoms with Gasteiger partial charge in [-0.05, 0) is 18.2 Å². The molecule has 1 aromatic heterocycles. The lowest BCUT2D eigenvalue weighted by atomic mass is 10.1. The van der Waals surface area contributed by atoms with Crippen molar-refractivity contribution in [3.8, 4) is 0 Å². The van der Waals surface area contributed by atoms with Gasteiger partial charge in [0.15, 0.2) is 0 Å². The second-order valence-corrected chi connectivity index (χ2v) is 3.28. The molecule has 2 aromatic rings. The predicted octanol–water partition coefficient (Wildman–Crippen LogP) is 2.18. The molecule has 0 aliphatic carbocycles. The van der Waals surface area contributed by atoms with E-state index in [-0.39, 0.29) is 12.4 Å². The Kier molecular flexibility index (Phi) is 2.70. The van der Waals surface area contributed by atoms with Crippen molar-refractivity contribution in [1.82, 2.24) is 0 Å². The van der Waals surface area contributed by atoms with Crippen molar-refractivity contribution in [3.05, 3.63) is 35.3 Å². The van der Waals surface area contributed by atoms with E-state index in [9.17, 15) is 4.39 Å². The van der Waals surface area contributed by atoms with Crippen molar-refractivity contribution in [1.29, 1.82) is 0 Å². The predicted molar refractivity (Wildman–Crippen MR) is 54.8 cm³/mol. The monoisotopic (exact) mass is 209 g/mol. The van der Waals surface area contributed by atoms with Crippen molar-refractivity contribution in [2.24, 2.45) is 5.73 Å². The first kappa shape index (κ1) is 10.1. The summed E-state index contributed by atoms with van der Waals surface area (Å²) in [5.74, 6) is 0.363. The normalized spacial score (nSPS) is 11.1. The van der Waals surface area contributed by atoms with E-state index in [0.717, 1.165) is 10.9 Å². The molecule has 0 aliphatic rings. The minimum atomic E-state index is -0.288. The highest BCUT2D eigenvalue weighted by Gasteiger charge is 2.13. The first-order valence-corrected chi connectivity index (χ1v) is 4.65. The Balaban J connectivity index is 2.65. The van der Waals surface area contributed by atoms with Gasteiger partial charge < -0.3 is 14.9 Å². The zero-order valence-corrected chi connectivity index (χ0v) is 8.42. The molecule has 0 atom stereocenters. The van der Waals surface area contributed by atoms with Crippen molar-refractivity contribution in [2.45, 2.75) is 13.2 Å². The van der Waals surface area contributed by atoms with Crippen LogP contribution >= 0.6 is 0 Å². The molecule has 0 amide bonds. The van der Waals surface area contributed by atoms with Crippen LogP contribution in [-0.2, 0) is 17.9 Å². The van der Waals surface area contributed by atoms with E-state index >= 15 is 0 Å². The van der Waals surface area contributed by atoms with Crippen LogP contribution in [0.1, 0.15) is 11.3 Å². The number of hydrogen-bond acceptors (Lipinski definition) is 3. The lowest BCUT2D eigenvalue weighted by Crippen LogP contribution is -1.99. The molecule has 0 radical (unpaired) electrons. The fourth-order valence-corrected chi connectivity index (χ4v) is 1.64. The maximum atomic E-state index is 13.1. The third-order valence-corrected chi connectivity index (χ3v) is 2.31. The van der Waals surface area contributed by atoms with Crippen LogP contribution in [0.2, 0.25) is 0 Å². The summed E-state index contributed by atoms with van der Waals surface area (Å²) >= 11 is 0. The smallest absolute Gasteiger partial charge is 0.134 e. The number of fused-ring (bicyclic) bond motifs is 1. The SMILES string of the molecule is COCc1c(CN)oc2ccc(F)cc12. The summed E-state index contributed by atoms with van der Waals surface area (Å²) in [6, 6.07) is 4.40. The zero-order chi connectivity index (χ0) is 10.8. The van der Waals surface area contributed by atoms with Gasteiger partial charge in [0.25, 0.3) is 0 Å². The van der Waals surface area contributed by atoms with Crippen LogP contribution < -0.4 is 5.73 Å². The van der Waals surface area contributed by atoms with E-state index < -0.39 is 0 Å². The van der Waals surface area contributed by atoms with Gasteiger partial charge in [-0.25, -0.2) is 4.39 Å². The molecule has 0 spiro atoms. The Morgan fingerprint density at radius 2 is 2.27 bits per heavy atom. The van der Waals surface area contributed by atoms with Gasteiger partial charge >= 0.3 is 0 Å². The topological polar surface area (TPSA) is 48.4 Å². The number of nitrogens with two attached hydrogens (primary N) is 1. The molecular formula is C11H12FNO2. The Morgan fingerprint density at radius 1 is 1.47 bits per heavy atom. The summed E-state index contributed by atoms with van der Waals surface area (Å²) < 4.78 is 23.6. The summed E-state index contributed by atoms with van der Waals surface area (Å²) in [5, 5.41) is 0.734. The van der Waals surface area contributed by atoms with Crippen molar-refractivity contribution >= 4 is 11.0 Å². The van der Waals surface area contributed by atoms with E-state index in [4.69, 9.17) is 14.9 Å². The molecule has 0 saturated carbocycles. The van der Waals surface area contributed by atoms with Crippen LogP contribution in [0.5, 0.6) is 0 Å². The number of ether oxygens (including phenoxy) is 1. The summed E-state index contributed by atoms with van der Waals surface area (Å²) in [7, 11) is 1.58. The number of furan rings is 1. The molecule has 0 fully saturated rings.